The number of carbonyl (C=O) groups is 3. The molecule has 0 saturated heterocycles. The summed E-state index contributed by atoms with van der Waals surface area (Å²) in [6.45, 7) is 18.8. The fraction of sp³-hybridized carbons (Fsp3) is 0.368. The molecular formula is C57H66N6O9. The normalized spacial score (nSPS) is 13.5. The van der Waals surface area contributed by atoms with Gasteiger partial charge in [-0.1, -0.05) is 62.3 Å². The SMILES string of the molecule is CC(C)(C)c1cc2c(OCC(=O)Nc3ccncc3)c(c1)COCc1cc(C(C)(C)C)cc(c1OCC(=O)Nc1ccncc1)COCc1cc(C(C)(C)C)cc(c1OCC(=O)Nc1ccncc1)COC2. The van der Waals surface area contributed by atoms with Crippen LogP contribution in [0.4, 0.5) is 17.1 Å². The minimum atomic E-state index is -0.362. The molecule has 1 aliphatic heterocycles. The number of rotatable bonds is 12. The molecule has 15 nitrogen and oxygen atoms in total. The summed E-state index contributed by atoms with van der Waals surface area (Å²) < 4.78 is 39.4. The number of carbonyl (C=O) groups excluding carboxylic acids is 3. The standard InChI is InChI=1S/C57H66N6O9/c1-55(2,3)43-22-37-28-67-30-39-24-44(56(4,5)6)26-41(53(39)71-35-50(65)62-47-12-18-59-19-13-47)32-69-33-42-27-45(57(7,8)9)25-40(54(42)72-36-51(66)63-48-14-20-60-21-15-48)31-68-29-38(23-43)52(37)70-34-49(64)61-46-10-16-58-17-11-46/h10-27H,28-36H2,1-9H3,(H,58,61,64)(H,59,62,65)(H,60,63,66). The number of ether oxygens (including phenoxy) is 6. The lowest BCUT2D eigenvalue weighted by atomic mass is 9.84. The molecule has 0 unspecified atom stereocenters. The molecule has 0 atom stereocenters. The zero-order valence-corrected chi connectivity index (χ0v) is 42.8. The molecule has 0 radical (unpaired) electrons. The third-order valence-electron chi connectivity index (χ3n) is 11.8. The van der Waals surface area contributed by atoms with Gasteiger partial charge in [0, 0.05) is 87.6 Å². The van der Waals surface area contributed by atoms with Gasteiger partial charge in [0.2, 0.25) is 0 Å². The first kappa shape index (κ1) is 52.6. The van der Waals surface area contributed by atoms with Crippen molar-refractivity contribution in [2.75, 3.05) is 35.8 Å². The average molecular weight is 979 g/mol. The lowest BCUT2D eigenvalue weighted by Crippen LogP contribution is -2.22. The zero-order chi connectivity index (χ0) is 51.5. The summed E-state index contributed by atoms with van der Waals surface area (Å²) in [5.41, 5.74) is 8.06. The summed E-state index contributed by atoms with van der Waals surface area (Å²) in [6, 6.07) is 22.5. The van der Waals surface area contributed by atoms with Crippen molar-refractivity contribution >= 4 is 34.8 Å². The Morgan fingerprint density at radius 1 is 0.403 bits per heavy atom. The third-order valence-corrected chi connectivity index (χ3v) is 11.8. The number of anilines is 3. The molecule has 0 aliphatic carbocycles. The Kier molecular flexibility index (Phi) is 17.1. The van der Waals surface area contributed by atoms with E-state index in [1.54, 1.807) is 73.6 Å². The van der Waals surface area contributed by atoms with Crippen molar-refractivity contribution in [3.63, 3.8) is 0 Å². The summed E-state index contributed by atoms with van der Waals surface area (Å²) in [5, 5.41) is 8.65. The Hall–Kier alpha value is -7.20. The lowest BCUT2D eigenvalue weighted by Gasteiger charge is -2.26. The second kappa shape index (κ2) is 23.4. The molecule has 3 aromatic heterocycles. The van der Waals surface area contributed by atoms with Crippen LogP contribution in [0.25, 0.3) is 0 Å². The number of hydrogen-bond donors (Lipinski definition) is 3. The van der Waals surface area contributed by atoms with Gasteiger partial charge in [0.25, 0.3) is 17.7 Å². The fourth-order valence-electron chi connectivity index (χ4n) is 7.88. The fourth-order valence-corrected chi connectivity index (χ4v) is 7.88. The number of nitrogens with one attached hydrogen (secondary N) is 3. The predicted octanol–water partition coefficient (Wildman–Crippen LogP) is 10.3. The smallest absolute Gasteiger partial charge is 0.262 e. The number of amides is 3. The van der Waals surface area contributed by atoms with E-state index in [2.05, 4.69) is 93.2 Å². The Morgan fingerprint density at radius 2 is 0.611 bits per heavy atom. The highest BCUT2D eigenvalue weighted by Gasteiger charge is 2.26. The van der Waals surface area contributed by atoms with E-state index in [9.17, 15) is 14.4 Å². The van der Waals surface area contributed by atoms with Crippen LogP contribution in [-0.4, -0.2) is 52.5 Å². The number of aromatic nitrogens is 3. The molecule has 4 heterocycles. The highest BCUT2D eigenvalue weighted by Crippen LogP contribution is 2.38. The molecule has 15 heteroatoms. The summed E-state index contributed by atoms with van der Waals surface area (Å²) >= 11 is 0. The second-order valence-corrected chi connectivity index (χ2v) is 20.8. The van der Waals surface area contributed by atoms with Gasteiger partial charge in [-0.25, -0.2) is 0 Å². The van der Waals surface area contributed by atoms with Gasteiger partial charge in [-0.3, -0.25) is 29.3 Å². The third kappa shape index (κ3) is 14.7. The van der Waals surface area contributed by atoms with Crippen molar-refractivity contribution in [1.82, 2.24) is 15.0 Å². The maximum atomic E-state index is 13.4. The van der Waals surface area contributed by atoms with Crippen LogP contribution in [0.15, 0.2) is 110 Å². The highest BCUT2D eigenvalue weighted by atomic mass is 16.5. The quantitative estimate of drug-likeness (QED) is 0.106. The molecule has 0 saturated carbocycles. The average Bonchev–Trinajstić information content (AvgIpc) is 3.32. The summed E-state index contributed by atoms with van der Waals surface area (Å²) in [4.78, 5) is 52.5. The molecule has 0 fully saturated rings. The number of fused-ring (bicyclic) bond motifs is 6. The Labute approximate surface area is 422 Å². The van der Waals surface area contributed by atoms with Crippen LogP contribution in [-0.2, 0) is 84.5 Å². The van der Waals surface area contributed by atoms with E-state index in [0.717, 1.165) is 16.7 Å². The van der Waals surface area contributed by atoms with Crippen LogP contribution in [0.2, 0.25) is 0 Å². The highest BCUT2D eigenvalue weighted by molar-refractivity contribution is 5.93. The van der Waals surface area contributed by atoms with Crippen LogP contribution in [0, 0.1) is 0 Å². The van der Waals surface area contributed by atoms with Crippen molar-refractivity contribution in [1.29, 1.82) is 0 Å². The first-order valence-electron chi connectivity index (χ1n) is 24.0. The van der Waals surface area contributed by atoms with Gasteiger partial charge < -0.3 is 44.4 Å². The monoisotopic (exact) mass is 978 g/mol. The van der Waals surface area contributed by atoms with Crippen molar-refractivity contribution in [2.45, 2.75) is 118 Å². The van der Waals surface area contributed by atoms with E-state index in [0.29, 0.717) is 67.7 Å². The van der Waals surface area contributed by atoms with Gasteiger partial charge in [0.1, 0.15) is 17.2 Å². The van der Waals surface area contributed by atoms with E-state index in [1.807, 2.05) is 36.4 Å². The Balaban J connectivity index is 1.34. The maximum absolute atomic E-state index is 13.4. The van der Waals surface area contributed by atoms with Crippen LogP contribution in [0.5, 0.6) is 17.2 Å². The van der Waals surface area contributed by atoms with Gasteiger partial charge in [0.05, 0.1) is 39.6 Å². The molecule has 0 spiro atoms. The summed E-state index contributed by atoms with van der Waals surface area (Å²) in [7, 11) is 0. The van der Waals surface area contributed by atoms with E-state index >= 15 is 0 Å². The first-order chi connectivity index (χ1) is 34.3. The summed E-state index contributed by atoms with van der Waals surface area (Å²) in [5.74, 6) is 0.259. The van der Waals surface area contributed by atoms with Crippen LogP contribution >= 0.6 is 0 Å². The number of benzene rings is 3. The minimum Gasteiger partial charge on any atom is -0.483 e. The van der Waals surface area contributed by atoms with E-state index in [4.69, 9.17) is 28.4 Å². The molecule has 7 rings (SSSR count). The molecule has 6 aromatic rings. The molecule has 1 aliphatic rings. The van der Waals surface area contributed by atoms with E-state index < -0.39 is 0 Å². The maximum Gasteiger partial charge on any atom is 0.262 e. The number of hydrogen-bond acceptors (Lipinski definition) is 12. The van der Waals surface area contributed by atoms with Crippen molar-refractivity contribution < 1.29 is 42.8 Å². The van der Waals surface area contributed by atoms with Crippen molar-refractivity contribution in [3.8, 4) is 17.2 Å². The number of nitrogens with zero attached hydrogens (tertiary/aromatic N) is 3. The van der Waals surface area contributed by atoms with Crippen LogP contribution in [0.3, 0.4) is 0 Å². The van der Waals surface area contributed by atoms with E-state index in [1.165, 1.54) is 0 Å². The molecular weight excluding hydrogens is 913 g/mol. The topological polar surface area (TPSA) is 181 Å². The van der Waals surface area contributed by atoms with E-state index in [-0.39, 0.29) is 93.4 Å². The second-order valence-electron chi connectivity index (χ2n) is 20.8. The summed E-state index contributed by atoms with van der Waals surface area (Å²) in [6.07, 6.45) is 9.61. The van der Waals surface area contributed by atoms with Gasteiger partial charge in [-0.2, -0.15) is 0 Å². The minimum absolute atomic E-state index is 0.0856. The van der Waals surface area contributed by atoms with Crippen molar-refractivity contribution in [2.24, 2.45) is 0 Å². The zero-order valence-electron chi connectivity index (χ0n) is 42.8. The van der Waals surface area contributed by atoms with Gasteiger partial charge >= 0.3 is 0 Å². The van der Waals surface area contributed by atoms with Crippen LogP contribution < -0.4 is 30.2 Å². The van der Waals surface area contributed by atoms with Gasteiger partial charge in [-0.15, -0.1) is 0 Å². The first-order valence-corrected chi connectivity index (χ1v) is 24.0. The Bertz CT molecular complexity index is 2440. The number of pyridine rings is 3. The molecule has 3 aromatic carbocycles. The lowest BCUT2D eigenvalue weighted by molar-refractivity contribution is -0.118. The molecule has 3 amide bonds. The van der Waals surface area contributed by atoms with Crippen LogP contribution in [0.1, 0.15) is 112 Å². The van der Waals surface area contributed by atoms with Gasteiger partial charge in [0.15, 0.2) is 19.8 Å². The molecule has 72 heavy (non-hydrogen) atoms. The van der Waals surface area contributed by atoms with Gasteiger partial charge in [-0.05, 0) is 106 Å². The predicted molar refractivity (Wildman–Crippen MR) is 276 cm³/mol. The Morgan fingerprint density at radius 3 is 0.806 bits per heavy atom. The molecule has 378 valence electrons. The molecule has 6 bridgehead atoms. The largest absolute Gasteiger partial charge is 0.483 e. The molecule has 3 N–H and O–H groups in total. The van der Waals surface area contributed by atoms with Crippen molar-refractivity contribution in [3.05, 3.63) is 160 Å².